The minimum Gasteiger partial charge on any atom is -0.491 e. The van der Waals surface area contributed by atoms with Crippen molar-refractivity contribution in [1.29, 1.82) is 0 Å². The standard InChI is InChI=1S/C15H24O6S/c1-12(2)15(22(16,17)18)13-6-4-5-7-14(13)21-11-10-20-9-8-19-3/h4-7,12,15H,8-11H2,1-3H3,(H,16,17,18). The second-order valence-electron chi connectivity index (χ2n) is 5.17. The van der Waals surface area contributed by atoms with Gasteiger partial charge in [-0.1, -0.05) is 32.0 Å². The van der Waals surface area contributed by atoms with E-state index in [1.165, 1.54) is 0 Å². The maximum atomic E-state index is 11.6. The fourth-order valence-corrected chi connectivity index (χ4v) is 3.37. The van der Waals surface area contributed by atoms with E-state index >= 15 is 0 Å². The highest BCUT2D eigenvalue weighted by molar-refractivity contribution is 7.86. The molecule has 0 saturated heterocycles. The molecule has 1 N–H and O–H groups in total. The van der Waals surface area contributed by atoms with E-state index in [9.17, 15) is 13.0 Å². The first-order valence-corrected chi connectivity index (χ1v) is 8.63. The highest BCUT2D eigenvalue weighted by atomic mass is 32.2. The maximum absolute atomic E-state index is 11.6. The van der Waals surface area contributed by atoms with Crippen LogP contribution in [-0.2, 0) is 19.6 Å². The largest absolute Gasteiger partial charge is 0.491 e. The van der Waals surface area contributed by atoms with Crippen LogP contribution in [0.25, 0.3) is 0 Å². The van der Waals surface area contributed by atoms with Gasteiger partial charge in [0.25, 0.3) is 10.1 Å². The van der Waals surface area contributed by atoms with Crippen LogP contribution < -0.4 is 4.74 Å². The molecule has 1 unspecified atom stereocenters. The van der Waals surface area contributed by atoms with Crippen molar-refractivity contribution in [3.63, 3.8) is 0 Å². The summed E-state index contributed by atoms with van der Waals surface area (Å²) in [6.07, 6.45) is 0. The normalized spacial score (nSPS) is 13.3. The Bertz CT molecular complexity index is 541. The number of rotatable bonds is 10. The molecule has 0 aliphatic heterocycles. The first-order chi connectivity index (χ1) is 10.4. The average Bonchev–Trinajstić information content (AvgIpc) is 2.42. The molecule has 1 aromatic carbocycles. The highest BCUT2D eigenvalue weighted by Gasteiger charge is 2.30. The molecule has 0 aliphatic rings. The first kappa shape index (κ1) is 18.9. The lowest BCUT2D eigenvalue weighted by atomic mass is 10.0. The molecule has 0 radical (unpaired) electrons. The van der Waals surface area contributed by atoms with Crippen molar-refractivity contribution < 1.29 is 27.2 Å². The molecule has 7 heteroatoms. The second-order valence-corrected chi connectivity index (χ2v) is 6.71. The molecule has 0 saturated carbocycles. The zero-order chi connectivity index (χ0) is 16.6. The summed E-state index contributed by atoms with van der Waals surface area (Å²) in [5, 5.41) is -1.02. The van der Waals surface area contributed by atoms with Gasteiger partial charge in [0.2, 0.25) is 0 Å². The summed E-state index contributed by atoms with van der Waals surface area (Å²) in [7, 11) is -2.62. The first-order valence-electron chi connectivity index (χ1n) is 7.12. The van der Waals surface area contributed by atoms with Crippen molar-refractivity contribution in [3.8, 4) is 5.75 Å². The minimum absolute atomic E-state index is 0.280. The van der Waals surface area contributed by atoms with Crippen molar-refractivity contribution in [3.05, 3.63) is 29.8 Å². The number of benzene rings is 1. The van der Waals surface area contributed by atoms with Crippen LogP contribution in [0.4, 0.5) is 0 Å². The SMILES string of the molecule is COCCOCCOc1ccccc1C(C(C)C)S(=O)(=O)O. The Morgan fingerprint density at radius 2 is 1.73 bits per heavy atom. The van der Waals surface area contributed by atoms with Gasteiger partial charge in [-0.25, -0.2) is 0 Å². The van der Waals surface area contributed by atoms with Gasteiger partial charge in [0.05, 0.1) is 19.8 Å². The van der Waals surface area contributed by atoms with Crippen molar-refractivity contribution in [1.82, 2.24) is 0 Å². The van der Waals surface area contributed by atoms with Crippen molar-refractivity contribution in [2.24, 2.45) is 5.92 Å². The summed E-state index contributed by atoms with van der Waals surface area (Å²) in [4.78, 5) is 0. The topological polar surface area (TPSA) is 82.1 Å². The smallest absolute Gasteiger partial charge is 0.272 e. The number of methoxy groups -OCH3 is 1. The summed E-state index contributed by atoms with van der Waals surface area (Å²) in [6.45, 7) is 5.12. The predicted molar refractivity (Wildman–Crippen MR) is 83.8 cm³/mol. The summed E-state index contributed by atoms with van der Waals surface area (Å²) in [6, 6.07) is 6.81. The zero-order valence-corrected chi connectivity index (χ0v) is 14.0. The van der Waals surface area contributed by atoms with Crippen molar-refractivity contribution >= 4 is 10.1 Å². The molecule has 22 heavy (non-hydrogen) atoms. The fraction of sp³-hybridized carbons (Fsp3) is 0.600. The lowest BCUT2D eigenvalue weighted by Gasteiger charge is -2.21. The summed E-state index contributed by atoms with van der Waals surface area (Å²) in [5.41, 5.74) is 0.455. The Labute approximate surface area is 132 Å². The van der Waals surface area contributed by atoms with E-state index < -0.39 is 15.4 Å². The van der Waals surface area contributed by atoms with E-state index in [1.807, 2.05) is 0 Å². The molecule has 0 amide bonds. The van der Waals surface area contributed by atoms with Gasteiger partial charge in [-0.05, 0) is 12.0 Å². The van der Waals surface area contributed by atoms with E-state index in [0.29, 0.717) is 31.1 Å². The predicted octanol–water partition coefficient (Wildman–Crippen LogP) is 2.31. The van der Waals surface area contributed by atoms with Gasteiger partial charge >= 0.3 is 0 Å². The Kier molecular flexibility index (Phi) is 7.81. The number of ether oxygens (including phenoxy) is 3. The number of hydrogen-bond acceptors (Lipinski definition) is 5. The molecule has 0 fully saturated rings. The number of para-hydroxylation sites is 1. The number of hydrogen-bond donors (Lipinski definition) is 1. The molecule has 6 nitrogen and oxygen atoms in total. The van der Waals surface area contributed by atoms with Crippen LogP contribution in [0.3, 0.4) is 0 Å². The average molecular weight is 332 g/mol. The Morgan fingerprint density at radius 1 is 1.09 bits per heavy atom. The molecule has 1 aromatic rings. The monoisotopic (exact) mass is 332 g/mol. The van der Waals surface area contributed by atoms with Crippen LogP contribution in [0.1, 0.15) is 24.7 Å². The van der Waals surface area contributed by atoms with Crippen LogP contribution in [0.15, 0.2) is 24.3 Å². The van der Waals surface area contributed by atoms with Gasteiger partial charge in [-0.3, -0.25) is 4.55 Å². The third-order valence-corrected chi connectivity index (χ3v) is 4.51. The van der Waals surface area contributed by atoms with Crippen molar-refractivity contribution in [2.45, 2.75) is 19.1 Å². The summed E-state index contributed by atoms with van der Waals surface area (Å²) in [5.74, 6) is 0.159. The Balaban J connectivity index is 2.77. The third-order valence-electron chi connectivity index (χ3n) is 3.07. The summed E-state index contributed by atoms with van der Waals surface area (Å²) >= 11 is 0. The molecule has 0 aromatic heterocycles. The lowest BCUT2D eigenvalue weighted by molar-refractivity contribution is 0.0542. The van der Waals surface area contributed by atoms with E-state index in [4.69, 9.17) is 14.2 Å². The van der Waals surface area contributed by atoms with Gasteiger partial charge in [-0.2, -0.15) is 8.42 Å². The van der Waals surface area contributed by atoms with Gasteiger partial charge in [0, 0.05) is 12.7 Å². The Morgan fingerprint density at radius 3 is 2.32 bits per heavy atom. The lowest BCUT2D eigenvalue weighted by Crippen LogP contribution is -2.19. The van der Waals surface area contributed by atoms with E-state index in [1.54, 1.807) is 45.2 Å². The minimum atomic E-state index is -4.21. The van der Waals surface area contributed by atoms with Crippen LogP contribution >= 0.6 is 0 Å². The van der Waals surface area contributed by atoms with Gasteiger partial charge in [0.15, 0.2) is 0 Å². The second kappa shape index (κ2) is 9.09. The quantitative estimate of drug-likeness (QED) is 0.523. The molecule has 0 aliphatic carbocycles. The Hall–Kier alpha value is -1.15. The molecule has 0 spiro atoms. The molecule has 126 valence electrons. The maximum Gasteiger partial charge on any atom is 0.272 e. The van der Waals surface area contributed by atoms with Gasteiger partial charge in [0.1, 0.15) is 17.6 Å². The summed E-state index contributed by atoms with van der Waals surface area (Å²) < 4.78 is 48.5. The van der Waals surface area contributed by atoms with E-state index in [2.05, 4.69) is 0 Å². The van der Waals surface area contributed by atoms with Crippen LogP contribution in [0.2, 0.25) is 0 Å². The van der Waals surface area contributed by atoms with Crippen LogP contribution in [0, 0.1) is 5.92 Å². The van der Waals surface area contributed by atoms with E-state index in [0.717, 1.165) is 0 Å². The molecule has 0 heterocycles. The van der Waals surface area contributed by atoms with Crippen molar-refractivity contribution in [2.75, 3.05) is 33.5 Å². The molecule has 1 atom stereocenters. The van der Waals surface area contributed by atoms with Crippen LogP contribution in [0.5, 0.6) is 5.75 Å². The van der Waals surface area contributed by atoms with Crippen LogP contribution in [-0.4, -0.2) is 46.5 Å². The molecular formula is C15H24O6S. The zero-order valence-electron chi connectivity index (χ0n) is 13.2. The molecule has 0 bridgehead atoms. The third kappa shape index (κ3) is 5.92. The van der Waals surface area contributed by atoms with E-state index in [-0.39, 0.29) is 12.5 Å². The van der Waals surface area contributed by atoms with Gasteiger partial charge < -0.3 is 14.2 Å². The molecular weight excluding hydrogens is 308 g/mol. The fourth-order valence-electron chi connectivity index (χ4n) is 2.17. The van der Waals surface area contributed by atoms with Gasteiger partial charge in [-0.15, -0.1) is 0 Å². The highest BCUT2D eigenvalue weighted by Crippen LogP contribution is 2.35. The molecule has 1 rings (SSSR count).